The van der Waals surface area contributed by atoms with Crippen LogP contribution in [0.4, 0.5) is 5.69 Å². The van der Waals surface area contributed by atoms with E-state index in [9.17, 15) is 0 Å². The molecule has 106 valence electrons. The molecule has 0 radical (unpaired) electrons. The Bertz CT molecular complexity index is 598. The summed E-state index contributed by atoms with van der Waals surface area (Å²) >= 11 is 0. The Labute approximate surface area is 121 Å². The molecule has 0 saturated carbocycles. The van der Waals surface area contributed by atoms with Gasteiger partial charge in [0.05, 0.1) is 5.69 Å². The third kappa shape index (κ3) is 2.72. The van der Waals surface area contributed by atoms with E-state index in [1.54, 1.807) is 0 Å². The van der Waals surface area contributed by atoms with E-state index in [2.05, 4.69) is 61.6 Å². The summed E-state index contributed by atoms with van der Waals surface area (Å²) in [6.07, 6.45) is 5.39. The van der Waals surface area contributed by atoms with Crippen LogP contribution >= 0.6 is 0 Å². The van der Waals surface area contributed by atoms with E-state index in [0.717, 1.165) is 12.1 Å². The molecular formula is C17H23N3. The van der Waals surface area contributed by atoms with Crippen molar-refractivity contribution in [2.45, 2.75) is 52.1 Å². The number of anilines is 1. The number of rotatable bonds is 3. The van der Waals surface area contributed by atoms with Crippen molar-refractivity contribution in [1.82, 2.24) is 9.78 Å². The molecule has 0 amide bonds. The SMILES string of the molecule is CC1CCc2cc(Cc3ccn(C(C)C)n3)ccc2N1. The Morgan fingerprint density at radius 1 is 1.35 bits per heavy atom. The van der Waals surface area contributed by atoms with Crippen molar-refractivity contribution < 1.29 is 0 Å². The van der Waals surface area contributed by atoms with Crippen molar-refractivity contribution in [3.8, 4) is 0 Å². The van der Waals surface area contributed by atoms with E-state index in [4.69, 9.17) is 0 Å². The lowest BCUT2D eigenvalue weighted by atomic mass is 9.96. The largest absolute Gasteiger partial charge is 0.382 e. The predicted molar refractivity (Wildman–Crippen MR) is 83.3 cm³/mol. The lowest BCUT2D eigenvalue weighted by Crippen LogP contribution is -2.21. The van der Waals surface area contributed by atoms with Gasteiger partial charge in [0.2, 0.25) is 0 Å². The first-order valence-corrected chi connectivity index (χ1v) is 7.54. The highest BCUT2D eigenvalue weighted by Crippen LogP contribution is 2.26. The molecule has 1 aliphatic heterocycles. The zero-order chi connectivity index (χ0) is 14.1. The topological polar surface area (TPSA) is 29.9 Å². The molecular weight excluding hydrogens is 246 g/mol. The van der Waals surface area contributed by atoms with Gasteiger partial charge in [-0.15, -0.1) is 0 Å². The van der Waals surface area contributed by atoms with Crippen molar-refractivity contribution in [3.05, 3.63) is 47.3 Å². The first-order valence-electron chi connectivity index (χ1n) is 7.54. The van der Waals surface area contributed by atoms with Gasteiger partial charge in [-0.05, 0) is 56.9 Å². The van der Waals surface area contributed by atoms with E-state index in [0.29, 0.717) is 12.1 Å². The molecule has 2 aromatic rings. The van der Waals surface area contributed by atoms with Crippen LogP contribution in [0.15, 0.2) is 30.5 Å². The zero-order valence-electron chi connectivity index (χ0n) is 12.6. The van der Waals surface area contributed by atoms with E-state index < -0.39 is 0 Å². The van der Waals surface area contributed by atoms with Crippen molar-refractivity contribution in [1.29, 1.82) is 0 Å². The van der Waals surface area contributed by atoms with Crippen LogP contribution < -0.4 is 5.32 Å². The Hall–Kier alpha value is -1.77. The van der Waals surface area contributed by atoms with Gasteiger partial charge in [0, 0.05) is 30.4 Å². The molecule has 2 heterocycles. The molecule has 1 N–H and O–H groups in total. The van der Waals surface area contributed by atoms with Crippen LogP contribution in [0.25, 0.3) is 0 Å². The third-order valence-electron chi connectivity index (χ3n) is 4.00. The fourth-order valence-corrected chi connectivity index (χ4v) is 2.78. The zero-order valence-corrected chi connectivity index (χ0v) is 12.6. The van der Waals surface area contributed by atoms with Gasteiger partial charge in [0.15, 0.2) is 0 Å². The van der Waals surface area contributed by atoms with Crippen molar-refractivity contribution >= 4 is 5.69 Å². The van der Waals surface area contributed by atoms with Crippen molar-refractivity contribution in [2.75, 3.05) is 5.32 Å². The molecule has 1 aromatic carbocycles. The number of nitrogens with zero attached hydrogens (tertiary/aromatic N) is 2. The minimum Gasteiger partial charge on any atom is -0.382 e. The molecule has 3 heteroatoms. The highest BCUT2D eigenvalue weighted by Gasteiger charge is 2.14. The molecule has 0 spiro atoms. The summed E-state index contributed by atoms with van der Waals surface area (Å²) in [5.41, 5.74) is 5.26. The van der Waals surface area contributed by atoms with Crippen LogP contribution in [-0.4, -0.2) is 15.8 Å². The van der Waals surface area contributed by atoms with Crippen LogP contribution in [-0.2, 0) is 12.8 Å². The summed E-state index contributed by atoms with van der Waals surface area (Å²) in [5, 5.41) is 8.18. The normalized spacial score (nSPS) is 17.9. The molecule has 0 aliphatic carbocycles. The van der Waals surface area contributed by atoms with Crippen molar-refractivity contribution in [2.24, 2.45) is 0 Å². The maximum absolute atomic E-state index is 4.63. The van der Waals surface area contributed by atoms with E-state index in [1.807, 2.05) is 4.68 Å². The van der Waals surface area contributed by atoms with Gasteiger partial charge < -0.3 is 5.32 Å². The van der Waals surface area contributed by atoms with Gasteiger partial charge in [0.1, 0.15) is 0 Å². The fraction of sp³-hybridized carbons (Fsp3) is 0.471. The highest BCUT2D eigenvalue weighted by atomic mass is 15.3. The van der Waals surface area contributed by atoms with Crippen LogP contribution in [0.1, 0.15) is 50.1 Å². The number of fused-ring (bicyclic) bond motifs is 1. The smallest absolute Gasteiger partial charge is 0.0668 e. The van der Waals surface area contributed by atoms with Gasteiger partial charge in [-0.1, -0.05) is 12.1 Å². The summed E-state index contributed by atoms with van der Waals surface area (Å²) in [6, 6.07) is 9.92. The predicted octanol–water partition coefficient (Wildman–Crippen LogP) is 3.80. The number of hydrogen-bond donors (Lipinski definition) is 1. The van der Waals surface area contributed by atoms with Gasteiger partial charge in [-0.3, -0.25) is 4.68 Å². The summed E-state index contributed by atoms with van der Waals surface area (Å²) < 4.78 is 2.02. The molecule has 1 atom stereocenters. The molecule has 1 aliphatic rings. The fourth-order valence-electron chi connectivity index (χ4n) is 2.78. The third-order valence-corrected chi connectivity index (χ3v) is 4.00. The first-order chi connectivity index (χ1) is 9.61. The Morgan fingerprint density at radius 2 is 2.20 bits per heavy atom. The summed E-state index contributed by atoms with van der Waals surface area (Å²) in [6.45, 7) is 6.56. The lowest BCUT2D eigenvalue weighted by molar-refractivity contribution is 0.527. The van der Waals surface area contributed by atoms with Crippen LogP contribution in [0.5, 0.6) is 0 Å². The van der Waals surface area contributed by atoms with Crippen LogP contribution in [0, 0.1) is 0 Å². The van der Waals surface area contributed by atoms with E-state index in [-0.39, 0.29) is 0 Å². The number of aromatic nitrogens is 2. The molecule has 3 rings (SSSR count). The molecule has 0 fully saturated rings. The second-order valence-corrected chi connectivity index (χ2v) is 6.13. The summed E-state index contributed by atoms with van der Waals surface area (Å²) in [7, 11) is 0. The van der Waals surface area contributed by atoms with E-state index in [1.165, 1.54) is 29.7 Å². The molecule has 1 aromatic heterocycles. The minimum absolute atomic E-state index is 0.429. The monoisotopic (exact) mass is 269 g/mol. The molecule has 0 bridgehead atoms. The minimum atomic E-state index is 0.429. The maximum Gasteiger partial charge on any atom is 0.0668 e. The molecule has 1 unspecified atom stereocenters. The second-order valence-electron chi connectivity index (χ2n) is 6.13. The first kappa shape index (κ1) is 13.2. The maximum atomic E-state index is 4.63. The second kappa shape index (κ2) is 5.31. The Kier molecular flexibility index (Phi) is 3.51. The van der Waals surface area contributed by atoms with E-state index >= 15 is 0 Å². The quantitative estimate of drug-likeness (QED) is 0.918. The number of nitrogens with one attached hydrogen (secondary N) is 1. The van der Waals surface area contributed by atoms with Gasteiger partial charge in [-0.25, -0.2) is 0 Å². The summed E-state index contributed by atoms with van der Waals surface area (Å²) in [4.78, 5) is 0. The number of benzene rings is 1. The Morgan fingerprint density at radius 3 is 2.95 bits per heavy atom. The highest BCUT2D eigenvalue weighted by molar-refractivity contribution is 5.55. The number of hydrogen-bond acceptors (Lipinski definition) is 2. The number of aryl methyl sites for hydroxylation is 1. The summed E-state index contributed by atoms with van der Waals surface area (Å²) in [5.74, 6) is 0. The molecule has 20 heavy (non-hydrogen) atoms. The van der Waals surface area contributed by atoms with Gasteiger partial charge >= 0.3 is 0 Å². The average Bonchev–Trinajstić information content (AvgIpc) is 2.88. The Balaban J connectivity index is 1.77. The molecule has 0 saturated heterocycles. The van der Waals surface area contributed by atoms with Gasteiger partial charge in [-0.2, -0.15) is 5.10 Å². The van der Waals surface area contributed by atoms with Crippen molar-refractivity contribution in [3.63, 3.8) is 0 Å². The lowest BCUT2D eigenvalue weighted by Gasteiger charge is -2.24. The molecule has 3 nitrogen and oxygen atoms in total. The van der Waals surface area contributed by atoms with Crippen LogP contribution in [0.2, 0.25) is 0 Å². The average molecular weight is 269 g/mol. The van der Waals surface area contributed by atoms with Gasteiger partial charge in [0.25, 0.3) is 0 Å². The van der Waals surface area contributed by atoms with Crippen LogP contribution in [0.3, 0.4) is 0 Å². The standard InChI is InChI=1S/C17H23N3/c1-12(2)20-9-8-16(19-20)11-14-5-7-17-15(10-14)6-4-13(3)18-17/h5,7-10,12-13,18H,4,6,11H2,1-3H3.